The molecular weight excluding hydrogens is 471 g/mol. The summed E-state index contributed by atoms with van der Waals surface area (Å²) in [5.41, 5.74) is 6.57. The van der Waals surface area contributed by atoms with Crippen LogP contribution in [0.3, 0.4) is 0 Å². The predicted octanol–water partition coefficient (Wildman–Crippen LogP) is 4.02. The Bertz CT molecular complexity index is 1090. The van der Waals surface area contributed by atoms with E-state index in [4.69, 9.17) is 17.3 Å². The molecule has 0 radical (unpaired) electrons. The van der Waals surface area contributed by atoms with Crippen LogP contribution in [0.15, 0.2) is 18.2 Å². The lowest BCUT2D eigenvalue weighted by molar-refractivity contribution is -0.137. The Labute approximate surface area is 200 Å². The average Bonchev–Trinajstić information content (AvgIpc) is 3.15. The van der Waals surface area contributed by atoms with Gasteiger partial charge in [-0.1, -0.05) is 0 Å². The van der Waals surface area contributed by atoms with Crippen molar-refractivity contribution in [3.05, 3.63) is 45.9 Å². The molecule has 34 heavy (non-hydrogen) atoms. The van der Waals surface area contributed by atoms with Gasteiger partial charge in [-0.15, -0.1) is 0 Å². The highest BCUT2D eigenvalue weighted by atomic mass is 35.5. The number of carbonyl (C=O) groups is 1. The minimum Gasteiger partial charge on any atom is -0.399 e. The number of halogens is 4. The third kappa shape index (κ3) is 5.15. The van der Waals surface area contributed by atoms with E-state index < -0.39 is 17.8 Å². The number of nitrogens with one attached hydrogen (secondary N) is 2. The summed E-state index contributed by atoms with van der Waals surface area (Å²) < 4.78 is 39.7. The first-order valence-electron chi connectivity index (χ1n) is 11.0. The molecule has 4 N–H and O–H groups in total. The van der Waals surface area contributed by atoms with E-state index in [9.17, 15) is 18.0 Å². The lowest BCUT2D eigenvalue weighted by Gasteiger charge is -2.38. The maximum atomic E-state index is 13.2. The van der Waals surface area contributed by atoms with E-state index in [0.717, 1.165) is 12.1 Å². The number of aromatic nitrogens is 2. The van der Waals surface area contributed by atoms with Crippen molar-refractivity contribution in [2.75, 3.05) is 24.1 Å². The molecule has 1 aromatic heterocycles. The van der Waals surface area contributed by atoms with Crippen LogP contribution in [0.5, 0.6) is 0 Å². The topological polar surface area (TPSA) is 99.4 Å². The van der Waals surface area contributed by atoms with Crippen molar-refractivity contribution in [2.24, 2.45) is 0 Å². The Morgan fingerprint density at radius 3 is 2.50 bits per heavy atom. The lowest BCUT2D eigenvalue weighted by atomic mass is 10.0. The highest BCUT2D eigenvalue weighted by Gasteiger charge is 2.34. The minimum absolute atomic E-state index is 0.00396. The monoisotopic (exact) mass is 497 g/mol. The normalized spacial score (nSPS) is 21.4. The molecule has 3 heterocycles. The summed E-state index contributed by atoms with van der Waals surface area (Å²) in [5.74, 6) is 0.385. The zero-order valence-electron chi connectivity index (χ0n) is 19.1. The molecule has 8 nitrogen and oxygen atoms in total. The molecule has 0 bridgehead atoms. The standard InChI is InChI=1S/C22H27ClF3N7O/c1-11-7-32(8-12(2)28-11)21(34)33-9-17-18(10-33)30-20(23)31-19(17)29-13(3)14-4-15(22(24,25)26)6-16(27)5-14/h4-6,11-13,28H,7-10,27H2,1-3H3,(H,29,30,31)/t11-,12-,13-/m1/s1. The third-order valence-electron chi connectivity index (χ3n) is 6.01. The quantitative estimate of drug-likeness (QED) is 0.437. The summed E-state index contributed by atoms with van der Waals surface area (Å²) in [6.45, 7) is 7.52. The zero-order chi connectivity index (χ0) is 24.8. The van der Waals surface area contributed by atoms with E-state index in [-0.39, 0.29) is 42.2 Å². The molecular formula is C22H27ClF3N7O. The van der Waals surface area contributed by atoms with E-state index >= 15 is 0 Å². The van der Waals surface area contributed by atoms with Crippen LogP contribution >= 0.6 is 11.6 Å². The number of rotatable bonds is 3. The number of piperazine rings is 1. The number of amides is 2. The average molecular weight is 498 g/mol. The molecule has 12 heteroatoms. The number of hydrogen-bond acceptors (Lipinski definition) is 6. The Hall–Kier alpha value is -2.79. The number of fused-ring (bicyclic) bond motifs is 1. The molecule has 0 aliphatic carbocycles. The number of urea groups is 1. The first kappa shape index (κ1) is 24.3. The Balaban J connectivity index is 1.55. The van der Waals surface area contributed by atoms with Crippen molar-refractivity contribution < 1.29 is 18.0 Å². The van der Waals surface area contributed by atoms with Crippen LogP contribution in [-0.4, -0.2) is 51.0 Å². The van der Waals surface area contributed by atoms with Gasteiger partial charge in [-0.3, -0.25) is 0 Å². The van der Waals surface area contributed by atoms with Gasteiger partial charge >= 0.3 is 12.2 Å². The maximum Gasteiger partial charge on any atom is 0.416 e. The minimum atomic E-state index is -4.51. The van der Waals surface area contributed by atoms with Crippen molar-refractivity contribution in [3.8, 4) is 0 Å². The Kier molecular flexibility index (Phi) is 6.52. The molecule has 2 aliphatic rings. The number of alkyl halides is 3. The van der Waals surface area contributed by atoms with Crippen LogP contribution in [0.25, 0.3) is 0 Å². The van der Waals surface area contributed by atoms with Gasteiger partial charge in [-0.2, -0.15) is 13.2 Å². The Morgan fingerprint density at radius 1 is 1.18 bits per heavy atom. The first-order chi connectivity index (χ1) is 15.9. The molecule has 4 rings (SSSR count). The van der Waals surface area contributed by atoms with Crippen LogP contribution in [0.1, 0.15) is 49.2 Å². The van der Waals surface area contributed by atoms with Gasteiger partial charge in [-0.25, -0.2) is 14.8 Å². The molecule has 184 valence electrons. The van der Waals surface area contributed by atoms with Gasteiger partial charge in [0.05, 0.1) is 30.4 Å². The van der Waals surface area contributed by atoms with Crippen LogP contribution in [0, 0.1) is 0 Å². The molecule has 2 amide bonds. The molecule has 0 spiro atoms. The summed E-state index contributed by atoms with van der Waals surface area (Å²) in [5, 5.41) is 6.54. The molecule has 1 aromatic carbocycles. The van der Waals surface area contributed by atoms with E-state index in [1.54, 1.807) is 11.8 Å². The molecule has 2 aromatic rings. The molecule has 2 aliphatic heterocycles. The highest BCUT2D eigenvalue weighted by molar-refractivity contribution is 6.28. The van der Waals surface area contributed by atoms with Crippen molar-refractivity contribution in [1.82, 2.24) is 25.1 Å². The van der Waals surface area contributed by atoms with E-state index in [2.05, 4.69) is 20.6 Å². The lowest BCUT2D eigenvalue weighted by Crippen LogP contribution is -2.57. The molecule has 3 atom stereocenters. The summed E-state index contributed by atoms with van der Waals surface area (Å²) in [6, 6.07) is 3.16. The van der Waals surface area contributed by atoms with Gasteiger partial charge in [-0.05, 0) is 56.1 Å². The smallest absolute Gasteiger partial charge is 0.399 e. The van der Waals surface area contributed by atoms with Crippen molar-refractivity contribution in [2.45, 2.75) is 58.2 Å². The van der Waals surface area contributed by atoms with Gasteiger partial charge in [0.15, 0.2) is 0 Å². The zero-order valence-corrected chi connectivity index (χ0v) is 19.8. The number of nitrogens with two attached hydrogens (primary N) is 1. The van der Waals surface area contributed by atoms with Gasteiger partial charge in [0.25, 0.3) is 0 Å². The van der Waals surface area contributed by atoms with Crippen molar-refractivity contribution in [3.63, 3.8) is 0 Å². The number of benzene rings is 1. The molecule has 1 saturated heterocycles. The largest absolute Gasteiger partial charge is 0.416 e. The fraction of sp³-hybridized carbons (Fsp3) is 0.500. The van der Waals surface area contributed by atoms with E-state index in [1.807, 2.05) is 18.7 Å². The molecule has 0 unspecified atom stereocenters. The second kappa shape index (κ2) is 9.10. The van der Waals surface area contributed by atoms with E-state index in [1.165, 1.54) is 6.07 Å². The summed E-state index contributed by atoms with van der Waals surface area (Å²) in [7, 11) is 0. The first-order valence-corrected chi connectivity index (χ1v) is 11.4. The van der Waals surface area contributed by atoms with Gasteiger partial charge in [0.1, 0.15) is 5.82 Å². The SMILES string of the molecule is C[C@@H]1CN(C(=O)N2Cc3nc(Cl)nc(N[C@H](C)c4cc(N)cc(C(F)(F)F)c4)c3C2)C[C@@H](C)N1. The molecule has 0 saturated carbocycles. The fourth-order valence-electron chi connectivity index (χ4n) is 4.54. The Morgan fingerprint density at radius 2 is 1.85 bits per heavy atom. The van der Waals surface area contributed by atoms with Crippen LogP contribution < -0.4 is 16.4 Å². The second-order valence-corrected chi connectivity index (χ2v) is 9.37. The predicted molar refractivity (Wildman–Crippen MR) is 123 cm³/mol. The van der Waals surface area contributed by atoms with Gasteiger partial charge in [0, 0.05) is 36.4 Å². The summed E-state index contributed by atoms with van der Waals surface area (Å²) in [6.07, 6.45) is -4.51. The molecule has 1 fully saturated rings. The van der Waals surface area contributed by atoms with Crippen LogP contribution in [0.2, 0.25) is 5.28 Å². The van der Waals surface area contributed by atoms with Gasteiger partial charge in [0.2, 0.25) is 5.28 Å². The third-order valence-corrected chi connectivity index (χ3v) is 6.18. The second-order valence-electron chi connectivity index (χ2n) is 9.03. The number of carbonyl (C=O) groups excluding carboxylic acids is 1. The van der Waals surface area contributed by atoms with Crippen LogP contribution in [0.4, 0.5) is 29.5 Å². The van der Waals surface area contributed by atoms with Gasteiger partial charge < -0.3 is 26.2 Å². The highest BCUT2D eigenvalue weighted by Crippen LogP contribution is 2.35. The maximum absolute atomic E-state index is 13.2. The number of hydrogen-bond donors (Lipinski definition) is 3. The van der Waals surface area contributed by atoms with Crippen molar-refractivity contribution >= 4 is 29.1 Å². The number of anilines is 2. The fourth-order valence-corrected chi connectivity index (χ4v) is 4.73. The van der Waals surface area contributed by atoms with Crippen molar-refractivity contribution in [1.29, 1.82) is 0 Å². The summed E-state index contributed by atoms with van der Waals surface area (Å²) >= 11 is 6.13. The summed E-state index contributed by atoms with van der Waals surface area (Å²) in [4.78, 5) is 25.2. The van der Waals surface area contributed by atoms with Crippen LogP contribution in [-0.2, 0) is 19.3 Å². The number of nitrogens with zero attached hydrogens (tertiary/aromatic N) is 4. The number of nitrogen functional groups attached to an aromatic ring is 1. The van der Waals surface area contributed by atoms with E-state index in [0.29, 0.717) is 35.7 Å².